The maximum Gasteiger partial charge on any atom is 0.264 e. The number of aryl methyl sites for hydroxylation is 1. The summed E-state index contributed by atoms with van der Waals surface area (Å²) in [6.45, 7) is 1.87. The Morgan fingerprint density at radius 1 is 0.889 bits per heavy atom. The molecular formula is C27H25N7O2. The van der Waals surface area contributed by atoms with Gasteiger partial charge >= 0.3 is 0 Å². The van der Waals surface area contributed by atoms with E-state index in [9.17, 15) is 4.79 Å². The molecule has 1 aliphatic rings. The minimum Gasteiger partial charge on any atom is -0.457 e. The standard InChI is InChI=1S/C27H25N7O2/c1-32-17-19(15-30-32)25-14-21(9-10-28-25)36-20-6-8-23-18(13-20)5-7-24(31-23)22-16-29-27(33(2)26(22)35)34-11-3-4-12-34/h5-10,13-17H,3-4,11-12H2,1-2H3. The van der Waals surface area contributed by atoms with Crippen molar-refractivity contribution < 1.29 is 4.74 Å². The number of anilines is 1. The van der Waals surface area contributed by atoms with Gasteiger partial charge < -0.3 is 9.64 Å². The monoisotopic (exact) mass is 479 g/mol. The highest BCUT2D eigenvalue weighted by Crippen LogP contribution is 2.29. The molecule has 0 unspecified atom stereocenters. The largest absolute Gasteiger partial charge is 0.457 e. The van der Waals surface area contributed by atoms with Gasteiger partial charge in [0.25, 0.3) is 5.56 Å². The number of rotatable bonds is 5. The van der Waals surface area contributed by atoms with Gasteiger partial charge in [-0.3, -0.25) is 19.0 Å². The normalized spacial score (nSPS) is 13.4. The van der Waals surface area contributed by atoms with E-state index in [0.29, 0.717) is 28.7 Å². The SMILES string of the molecule is Cn1cc(-c2cc(Oc3ccc4nc(-c5cnc(N6CCCC6)n(C)c5=O)ccc4c3)ccn2)cn1. The lowest BCUT2D eigenvalue weighted by Crippen LogP contribution is -2.30. The smallest absolute Gasteiger partial charge is 0.264 e. The summed E-state index contributed by atoms with van der Waals surface area (Å²) in [6.07, 6.45) is 9.30. The molecule has 4 aromatic heterocycles. The maximum absolute atomic E-state index is 13.1. The zero-order valence-corrected chi connectivity index (χ0v) is 20.1. The van der Waals surface area contributed by atoms with Crippen molar-refractivity contribution in [3.63, 3.8) is 0 Å². The van der Waals surface area contributed by atoms with Crippen molar-refractivity contribution in [3.8, 4) is 34.0 Å². The third kappa shape index (κ3) is 4.08. The molecule has 1 saturated heterocycles. The zero-order valence-electron chi connectivity index (χ0n) is 20.1. The molecule has 5 heterocycles. The molecule has 0 bridgehead atoms. The molecule has 180 valence electrons. The average Bonchev–Trinajstić information content (AvgIpc) is 3.58. The van der Waals surface area contributed by atoms with Gasteiger partial charge in [0, 0.05) is 62.8 Å². The van der Waals surface area contributed by atoms with Gasteiger partial charge in [-0.25, -0.2) is 9.97 Å². The number of pyridine rings is 2. The van der Waals surface area contributed by atoms with Crippen LogP contribution in [0.4, 0.5) is 5.95 Å². The molecule has 1 aliphatic heterocycles. The molecule has 36 heavy (non-hydrogen) atoms. The predicted octanol–water partition coefficient (Wildman–Crippen LogP) is 4.18. The van der Waals surface area contributed by atoms with Crippen LogP contribution in [-0.4, -0.2) is 42.4 Å². The molecule has 9 heteroatoms. The number of fused-ring (bicyclic) bond motifs is 1. The Kier molecular flexibility index (Phi) is 5.44. The quantitative estimate of drug-likeness (QED) is 0.373. The van der Waals surface area contributed by atoms with E-state index in [0.717, 1.165) is 48.1 Å². The lowest BCUT2D eigenvalue weighted by molar-refractivity contribution is 0.483. The Bertz CT molecular complexity index is 1630. The Morgan fingerprint density at radius 2 is 1.72 bits per heavy atom. The van der Waals surface area contributed by atoms with Gasteiger partial charge in [-0.05, 0) is 43.2 Å². The summed E-state index contributed by atoms with van der Waals surface area (Å²) in [5.74, 6) is 2.08. The summed E-state index contributed by atoms with van der Waals surface area (Å²) < 4.78 is 9.47. The summed E-state index contributed by atoms with van der Waals surface area (Å²) in [5, 5.41) is 5.12. The van der Waals surface area contributed by atoms with E-state index in [1.54, 1.807) is 34.9 Å². The lowest BCUT2D eigenvalue weighted by atomic mass is 10.1. The molecule has 9 nitrogen and oxygen atoms in total. The van der Waals surface area contributed by atoms with Crippen LogP contribution in [0.25, 0.3) is 33.4 Å². The van der Waals surface area contributed by atoms with Gasteiger partial charge in [-0.1, -0.05) is 6.07 Å². The molecule has 0 amide bonds. The first-order chi connectivity index (χ1) is 17.5. The fourth-order valence-corrected chi connectivity index (χ4v) is 4.56. The third-order valence-corrected chi connectivity index (χ3v) is 6.44. The van der Waals surface area contributed by atoms with Crippen LogP contribution in [0.5, 0.6) is 11.5 Å². The molecule has 0 spiro atoms. The molecular weight excluding hydrogens is 454 g/mol. The van der Waals surface area contributed by atoms with Gasteiger partial charge in [0.15, 0.2) is 0 Å². The maximum atomic E-state index is 13.1. The van der Waals surface area contributed by atoms with E-state index in [2.05, 4.69) is 20.0 Å². The Hall–Kier alpha value is -4.53. The van der Waals surface area contributed by atoms with E-state index in [4.69, 9.17) is 9.72 Å². The fraction of sp³-hybridized carbons (Fsp3) is 0.222. The van der Waals surface area contributed by atoms with Crippen LogP contribution in [-0.2, 0) is 14.1 Å². The van der Waals surface area contributed by atoms with Gasteiger partial charge in [-0.2, -0.15) is 5.10 Å². The highest BCUT2D eigenvalue weighted by Gasteiger charge is 2.19. The van der Waals surface area contributed by atoms with Crippen molar-refractivity contribution in [2.45, 2.75) is 12.8 Å². The molecule has 0 saturated carbocycles. The highest BCUT2D eigenvalue weighted by atomic mass is 16.5. The summed E-state index contributed by atoms with van der Waals surface area (Å²) in [7, 11) is 3.65. The van der Waals surface area contributed by atoms with Crippen molar-refractivity contribution in [1.82, 2.24) is 29.3 Å². The van der Waals surface area contributed by atoms with E-state index in [1.165, 1.54) is 0 Å². The van der Waals surface area contributed by atoms with Crippen LogP contribution in [0, 0.1) is 0 Å². The minimum absolute atomic E-state index is 0.0965. The first kappa shape index (κ1) is 22.0. The number of hydrogen-bond acceptors (Lipinski definition) is 7. The third-order valence-electron chi connectivity index (χ3n) is 6.44. The average molecular weight is 480 g/mol. The Morgan fingerprint density at radius 3 is 2.53 bits per heavy atom. The van der Waals surface area contributed by atoms with Crippen LogP contribution in [0.3, 0.4) is 0 Å². The number of hydrogen-bond donors (Lipinski definition) is 0. The minimum atomic E-state index is -0.0965. The van der Waals surface area contributed by atoms with E-state index in [1.807, 2.05) is 55.7 Å². The lowest BCUT2D eigenvalue weighted by Gasteiger charge is -2.19. The van der Waals surface area contributed by atoms with E-state index < -0.39 is 0 Å². The summed E-state index contributed by atoms with van der Waals surface area (Å²) in [5.41, 5.74) is 3.48. The van der Waals surface area contributed by atoms with E-state index >= 15 is 0 Å². The van der Waals surface area contributed by atoms with Crippen molar-refractivity contribution in [2.75, 3.05) is 18.0 Å². The highest BCUT2D eigenvalue weighted by molar-refractivity contribution is 5.83. The second-order valence-electron chi connectivity index (χ2n) is 8.96. The van der Waals surface area contributed by atoms with Gasteiger partial charge in [-0.15, -0.1) is 0 Å². The number of benzene rings is 1. The summed E-state index contributed by atoms with van der Waals surface area (Å²) >= 11 is 0. The van der Waals surface area contributed by atoms with Crippen LogP contribution >= 0.6 is 0 Å². The molecule has 0 aliphatic carbocycles. The number of aromatic nitrogens is 6. The Labute approximate surface area is 207 Å². The first-order valence-corrected chi connectivity index (χ1v) is 11.9. The molecule has 6 rings (SSSR count). The van der Waals surface area contributed by atoms with Crippen LogP contribution < -0.4 is 15.2 Å². The van der Waals surface area contributed by atoms with Crippen molar-refractivity contribution in [3.05, 3.63) is 77.6 Å². The van der Waals surface area contributed by atoms with Crippen molar-refractivity contribution in [1.29, 1.82) is 0 Å². The van der Waals surface area contributed by atoms with Crippen LogP contribution in [0.2, 0.25) is 0 Å². The second kappa shape index (κ2) is 8.92. The van der Waals surface area contributed by atoms with Gasteiger partial charge in [0.2, 0.25) is 5.95 Å². The molecule has 0 atom stereocenters. The molecule has 5 aromatic rings. The van der Waals surface area contributed by atoms with Gasteiger partial charge in [0.1, 0.15) is 11.5 Å². The second-order valence-corrected chi connectivity index (χ2v) is 8.96. The zero-order chi connectivity index (χ0) is 24.6. The molecule has 0 radical (unpaired) electrons. The molecule has 0 N–H and O–H groups in total. The number of nitrogens with zero attached hydrogens (tertiary/aromatic N) is 7. The summed E-state index contributed by atoms with van der Waals surface area (Å²) in [6, 6.07) is 13.2. The van der Waals surface area contributed by atoms with Crippen LogP contribution in [0.1, 0.15) is 12.8 Å². The first-order valence-electron chi connectivity index (χ1n) is 11.9. The predicted molar refractivity (Wildman–Crippen MR) is 138 cm³/mol. The molecule has 1 aromatic carbocycles. The summed E-state index contributed by atoms with van der Waals surface area (Å²) in [4.78, 5) is 29.0. The Balaban J connectivity index is 1.27. The van der Waals surface area contributed by atoms with Crippen molar-refractivity contribution >= 4 is 16.9 Å². The van der Waals surface area contributed by atoms with E-state index in [-0.39, 0.29) is 5.56 Å². The fourth-order valence-electron chi connectivity index (χ4n) is 4.56. The topological polar surface area (TPSA) is 91.0 Å². The number of ether oxygens (including phenoxy) is 1. The van der Waals surface area contributed by atoms with Crippen molar-refractivity contribution in [2.24, 2.45) is 14.1 Å². The molecule has 1 fully saturated rings. The van der Waals surface area contributed by atoms with Gasteiger partial charge in [0.05, 0.1) is 28.7 Å². The van der Waals surface area contributed by atoms with Crippen LogP contribution in [0.15, 0.2) is 72.0 Å².